The summed E-state index contributed by atoms with van der Waals surface area (Å²) in [4.78, 5) is 61.4. The van der Waals surface area contributed by atoms with Crippen LogP contribution in [0.1, 0.15) is 18.5 Å². The Morgan fingerprint density at radius 1 is 1.22 bits per heavy atom. The number of nitrogens with zero attached hydrogens (tertiary/aromatic N) is 2. The Morgan fingerprint density at radius 3 is 2.51 bits per heavy atom. The first-order valence-electron chi connectivity index (χ1n) is 11.0. The first-order chi connectivity index (χ1) is 17.5. The standard InChI is InChI=1S/C24H22N4O8S/c1-24(25)11-15(23(32)33)27-21(31)18(22(27)37-24)20(30)19(13-7-3-2-4-8-13)26-17(29)12-36-16-10-6-5-9-14(16)28(34)35/h2-11,18-19,22H,12,25H2,1H3,(H,26,29)(H,32,33)/t18?,19?,22-,24?/m1/s1. The van der Waals surface area contributed by atoms with Crippen molar-refractivity contribution in [1.29, 1.82) is 0 Å². The van der Waals surface area contributed by atoms with E-state index in [4.69, 9.17) is 10.5 Å². The zero-order valence-electron chi connectivity index (χ0n) is 19.4. The SMILES string of the molecule is CC1(N)C=C(C(=O)O)N2C(=O)C(C(=O)C(NC(=O)COc3ccccc3[N+](=O)[O-])c3ccccc3)[C@H]2S1. The number of hydrogen-bond donors (Lipinski definition) is 3. The van der Waals surface area contributed by atoms with Crippen molar-refractivity contribution < 1.29 is 33.9 Å². The fourth-order valence-electron chi connectivity index (χ4n) is 4.12. The van der Waals surface area contributed by atoms with Crippen LogP contribution >= 0.6 is 11.8 Å². The molecule has 2 aromatic carbocycles. The highest BCUT2D eigenvalue weighted by Gasteiger charge is 2.59. The number of rotatable bonds is 9. The van der Waals surface area contributed by atoms with Crippen LogP contribution in [0.3, 0.4) is 0 Å². The number of ketones is 1. The molecular weight excluding hydrogens is 504 g/mol. The fourth-order valence-corrected chi connectivity index (χ4v) is 5.53. The predicted octanol–water partition coefficient (Wildman–Crippen LogP) is 1.57. The molecule has 2 aromatic rings. The maximum absolute atomic E-state index is 13.6. The largest absolute Gasteiger partial charge is 0.477 e. The Balaban J connectivity index is 1.55. The Morgan fingerprint density at radius 2 is 1.86 bits per heavy atom. The molecular formula is C24H22N4O8S. The van der Waals surface area contributed by atoms with E-state index in [9.17, 15) is 34.4 Å². The number of hydrogen-bond acceptors (Lipinski definition) is 9. The van der Waals surface area contributed by atoms with E-state index >= 15 is 0 Å². The number of nitro groups is 1. The molecule has 2 heterocycles. The zero-order valence-corrected chi connectivity index (χ0v) is 20.2. The molecule has 2 aliphatic rings. The Bertz CT molecular complexity index is 1310. The summed E-state index contributed by atoms with van der Waals surface area (Å²) in [6, 6.07) is 12.5. The number of nitrogens with two attached hydrogens (primary N) is 1. The van der Waals surface area contributed by atoms with E-state index in [2.05, 4.69) is 5.32 Å². The van der Waals surface area contributed by atoms with Crippen molar-refractivity contribution >= 4 is 41.0 Å². The average Bonchev–Trinajstić information content (AvgIpc) is 2.85. The van der Waals surface area contributed by atoms with Gasteiger partial charge in [-0.2, -0.15) is 0 Å². The zero-order chi connectivity index (χ0) is 26.9. The highest BCUT2D eigenvalue weighted by atomic mass is 32.2. The van der Waals surface area contributed by atoms with Crippen LogP contribution in [0.2, 0.25) is 0 Å². The molecule has 0 aromatic heterocycles. The minimum Gasteiger partial charge on any atom is -0.477 e. The highest BCUT2D eigenvalue weighted by molar-refractivity contribution is 8.01. The van der Waals surface area contributed by atoms with Gasteiger partial charge in [-0.3, -0.25) is 29.4 Å². The number of benzene rings is 2. The van der Waals surface area contributed by atoms with Gasteiger partial charge in [-0.15, -0.1) is 11.8 Å². The summed E-state index contributed by atoms with van der Waals surface area (Å²) >= 11 is 1.06. The number of nitrogens with one attached hydrogen (secondary N) is 1. The molecule has 0 radical (unpaired) electrons. The first-order valence-corrected chi connectivity index (χ1v) is 11.9. The molecule has 3 unspecified atom stereocenters. The minimum absolute atomic E-state index is 0.121. The number of fused-ring (bicyclic) bond motifs is 1. The minimum atomic E-state index is -1.35. The average molecular weight is 527 g/mol. The molecule has 2 amide bonds. The number of β-lactam (4-membered cyclic amide) rings is 1. The van der Waals surface area contributed by atoms with Gasteiger partial charge in [0.05, 0.1) is 9.79 Å². The van der Waals surface area contributed by atoms with Crippen molar-refractivity contribution in [1.82, 2.24) is 10.2 Å². The summed E-state index contributed by atoms with van der Waals surface area (Å²) in [7, 11) is 0. The van der Waals surface area contributed by atoms with Gasteiger partial charge in [0.15, 0.2) is 18.1 Å². The van der Waals surface area contributed by atoms with E-state index < -0.39 is 57.3 Å². The number of Topliss-reactive ketones (excluding diaryl/α,β-unsaturated/α-hetero) is 1. The second-order valence-electron chi connectivity index (χ2n) is 8.54. The van der Waals surface area contributed by atoms with Crippen LogP contribution in [0.5, 0.6) is 5.75 Å². The van der Waals surface area contributed by atoms with Crippen molar-refractivity contribution in [3.63, 3.8) is 0 Å². The van der Waals surface area contributed by atoms with Crippen molar-refractivity contribution in [3.05, 3.63) is 82.0 Å². The summed E-state index contributed by atoms with van der Waals surface area (Å²) in [5.41, 5.74) is 5.90. The third kappa shape index (κ3) is 5.17. The molecule has 37 heavy (non-hydrogen) atoms. The third-order valence-electron chi connectivity index (χ3n) is 5.77. The molecule has 0 saturated carbocycles. The van der Waals surface area contributed by atoms with Gasteiger partial charge >= 0.3 is 11.7 Å². The lowest BCUT2D eigenvalue weighted by molar-refractivity contribution is -0.385. The molecule has 13 heteroatoms. The second-order valence-corrected chi connectivity index (χ2v) is 10.1. The molecule has 1 fully saturated rings. The summed E-state index contributed by atoms with van der Waals surface area (Å²) in [6.07, 6.45) is 1.26. The number of carbonyl (C=O) groups is 4. The lowest BCUT2D eigenvalue weighted by Crippen LogP contribution is -2.67. The number of thioether (sulfide) groups is 1. The number of amides is 2. The summed E-state index contributed by atoms with van der Waals surface area (Å²) in [6.45, 7) is 0.940. The molecule has 0 bridgehead atoms. The van der Waals surface area contributed by atoms with E-state index in [0.717, 1.165) is 16.7 Å². The van der Waals surface area contributed by atoms with Gasteiger partial charge in [0, 0.05) is 6.07 Å². The number of nitro benzene ring substituents is 1. The summed E-state index contributed by atoms with van der Waals surface area (Å²) in [5, 5.41) is 22.4. The number of carboxylic acid groups (broad SMARTS) is 1. The maximum Gasteiger partial charge on any atom is 0.352 e. The second kappa shape index (κ2) is 10.0. The van der Waals surface area contributed by atoms with Gasteiger partial charge in [-0.05, 0) is 24.6 Å². The van der Waals surface area contributed by atoms with Gasteiger partial charge in [0.1, 0.15) is 23.0 Å². The maximum atomic E-state index is 13.6. The van der Waals surface area contributed by atoms with Gasteiger partial charge in [0.2, 0.25) is 5.91 Å². The topological polar surface area (TPSA) is 182 Å². The van der Waals surface area contributed by atoms with E-state index in [1.165, 1.54) is 30.3 Å². The van der Waals surface area contributed by atoms with E-state index in [0.29, 0.717) is 5.56 Å². The Kier molecular flexibility index (Phi) is 7.01. The highest BCUT2D eigenvalue weighted by Crippen LogP contribution is 2.48. The van der Waals surface area contributed by atoms with Crippen LogP contribution in [0.25, 0.3) is 0 Å². The van der Waals surface area contributed by atoms with E-state index in [1.54, 1.807) is 37.3 Å². The van der Waals surface area contributed by atoms with Crippen LogP contribution in [-0.2, 0) is 19.2 Å². The molecule has 4 N–H and O–H groups in total. The fraction of sp³-hybridized carbons (Fsp3) is 0.250. The van der Waals surface area contributed by atoms with Crippen LogP contribution in [0.15, 0.2) is 66.4 Å². The third-order valence-corrected chi connectivity index (χ3v) is 7.12. The van der Waals surface area contributed by atoms with Crippen molar-refractivity contribution in [2.75, 3.05) is 6.61 Å². The van der Waals surface area contributed by atoms with Crippen LogP contribution in [0, 0.1) is 16.0 Å². The lowest BCUT2D eigenvalue weighted by atomic mass is 9.85. The predicted molar refractivity (Wildman–Crippen MR) is 131 cm³/mol. The molecule has 192 valence electrons. The van der Waals surface area contributed by atoms with E-state index in [-0.39, 0.29) is 17.1 Å². The number of carbonyl (C=O) groups excluding carboxylic acids is 3. The normalized spacial score (nSPS) is 23.1. The molecule has 4 rings (SSSR count). The van der Waals surface area contributed by atoms with Gasteiger partial charge < -0.3 is 20.9 Å². The lowest BCUT2D eigenvalue weighted by Gasteiger charge is -2.51. The monoisotopic (exact) mass is 526 g/mol. The molecule has 12 nitrogen and oxygen atoms in total. The molecule has 0 aliphatic carbocycles. The molecule has 2 aliphatic heterocycles. The number of aliphatic carboxylic acids is 1. The van der Waals surface area contributed by atoms with E-state index in [1.807, 2.05) is 0 Å². The molecule has 4 atom stereocenters. The number of ether oxygens (including phenoxy) is 1. The van der Waals surface area contributed by atoms with Crippen molar-refractivity contribution in [2.24, 2.45) is 11.7 Å². The van der Waals surface area contributed by atoms with Crippen molar-refractivity contribution in [2.45, 2.75) is 23.2 Å². The quantitative estimate of drug-likeness (QED) is 0.188. The van der Waals surface area contributed by atoms with Gasteiger partial charge in [0.25, 0.3) is 5.91 Å². The number of para-hydroxylation sites is 2. The van der Waals surface area contributed by atoms with Crippen LogP contribution < -0.4 is 15.8 Å². The van der Waals surface area contributed by atoms with Gasteiger partial charge in [-0.1, -0.05) is 42.5 Å². The Labute approximate surface area is 214 Å². The first kappa shape index (κ1) is 25.9. The molecule has 0 spiro atoms. The number of carboxylic acids is 1. The van der Waals surface area contributed by atoms with Crippen molar-refractivity contribution in [3.8, 4) is 5.75 Å². The molecule has 1 saturated heterocycles. The summed E-state index contributed by atoms with van der Waals surface area (Å²) in [5.74, 6) is -4.83. The Hall–Kier alpha value is -4.23. The smallest absolute Gasteiger partial charge is 0.352 e. The van der Waals surface area contributed by atoms with Crippen LogP contribution in [0.4, 0.5) is 5.69 Å². The summed E-state index contributed by atoms with van der Waals surface area (Å²) < 4.78 is 5.32. The van der Waals surface area contributed by atoms with Gasteiger partial charge in [-0.25, -0.2) is 4.79 Å². The van der Waals surface area contributed by atoms with Crippen LogP contribution in [-0.4, -0.2) is 55.3 Å².